The fraction of sp³-hybridized carbons (Fsp3) is 0.350. The molecule has 128 valence electrons. The monoisotopic (exact) mass is 327 g/mol. The summed E-state index contributed by atoms with van der Waals surface area (Å²) >= 11 is 0. The highest BCUT2D eigenvalue weighted by molar-refractivity contribution is 5.81. The molecule has 4 heteroatoms. The normalized spacial score (nSPS) is 13.0. The van der Waals surface area contributed by atoms with Gasteiger partial charge in [-0.15, -0.1) is 0 Å². The molecule has 1 N–H and O–H groups in total. The van der Waals surface area contributed by atoms with E-state index in [-0.39, 0.29) is 11.9 Å². The van der Waals surface area contributed by atoms with E-state index in [2.05, 4.69) is 5.32 Å². The van der Waals surface area contributed by atoms with Crippen molar-refractivity contribution in [3.05, 3.63) is 59.7 Å². The molecule has 4 nitrogen and oxygen atoms in total. The number of ether oxygens (including phenoxy) is 2. The van der Waals surface area contributed by atoms with Gasteiger partial charge in [-0.05, 0) is 55.7 Å². The van der Waals surface area contributed by atoms with E-state index in [4.69, 9.17) is 9.47 Å². The first-order valence-corrected chi connectivity index (χ1v) is 8.21. The van der Waals surface area contributed by atoms with Gasteiger partial charge >= 0.3 is 0 Å². The van der Waals surface area contributed by atoms with E-state index < -0.39 is 6.10 Å². The van der Waals surface area contributed by atoms with Gasteiger partial charge in [0.15, 0.2) is 6.10 Å². The lowest BCUT2D eigenvalue weighted by atomic mass is 10.0. The number of rotatable bonds is 7. The maximum atomic E-state index is 12.4. The molecular weight excluding hydrogens is 302 g/mol. The Hall–Kier alpha value is -2.49. The van der Waals surface area contributed by atoms with Gasteiger partial charge in [0.2, 0.25) is 0 Å². The topological polar surface area (TPSA) is 47.6 Å². The third-order valence-electron chi connectivity index (χ3n) is 3.91. The summed E-state index contributed by atoms with van der Waals surface area (Å²) < 4.78 is 10.9. The molecule has 2 rings (SSSR count). The lowest BCUT2D eigenvalue weighted by Gasteiger charge is -2.21. The third kappa shape index (κ3) is 4.75. The second-order valence-electron chi connectivity index (χ2n) is 5.82. The molecule has 0 aromatic heterocycles. The molecular formula is C20H25NO3. The summed E-state index contributed by atoms with van der Waals surface area (Å²) in [5.41, 5.74) is 2.15. The van der Waals surface area contributed by atoms with Gasteiger partial charge in [-0.2, -0.15) is 0 Å². The Morgan fingerprint density at radius 3 is 2.42 bits per heavy atom. The smallest absolute Gasteiger partial charge is 0.261 e. The van der Waals surface area contributed by atoms with Crippen LogP contribution in [0.15, 0.2) is 48.5 Å². The van der Waals surface area contributed by atoms with Crippen LogP contribution in [-0.4, -0.2) is 19.1 Å². The first-order valence-electron chi connectivity index (χ1n) is 8.21. The fourth-order valence-corrected chi connectivity index (χ4v) is 2.49. The SMILES string of the molecule is CC[C@@H](NC(=O)[C@@H](C)Oc1cccc(C)c1)c1ccc(OC)cc1. The number of methoxy groups -OCH3 is 1. The zero-order valence-corrected chi connectivity index (χ0v) is 14.7. The molecule has 2 atom stereocenters. The average Bonchev–Trinajstić information content (AvgIpc) is 2.59. The Balaban J connectivity index is 1.99. The average molecular weight is 327 g/mol. The van der Waals surface area contributed by atoms with Crippen LogP contribution in [0.3, 0.4) is 0 Å². The molecule has 0 radical (unpaired) electrons. The van der Waals surface area contributed by atoms with Crippen molar-refractivity contribution in [2.75, 3.05) is 7.11 Å². The molecule has 0 spiro atoms. The first-order chi connectivity index (χ1) is 11.5. The van der Waals surface area contributed by atoms with Gasteiger partial charge in [-0.1, -0.05) is 31.2 Å². The molecule has 2 aromatic carbocycles. The number of carbonyl (C=O) groups is 1. The van der Waals surface area contributed by atoms with E-state index in [0.717, 1.165) is 23.3 Å². The predicted molar refractivity (Wildman–Crippen MR) is 95.4 cm³/mol. The standard InChI is InChI=1S/C20H25NO3/c1-5-19(16-9-11-17(23-4)12-10-16)21-20(22)15(3)24-18-8-6-7-14(2)13-18/h6-13,15,19H,5H2,1-4H3,(H,21,22)/t15-,19-/m1/s1. The highest BCUT2D eigenvalue weighted by Gasteiger charge is 2.19. The van der Waals surface area contributed by atoms with Crippen molar-refractivity contribution >= 4 is 5.91 Å². The van der Waals surface area contributed by atoms with Crippen molar-refractivity contribution in [3.8, 4) is 11.5 Å². The van der Waals surface area contributed by atoms with Gasteiger partial charge in [-0.3, -0.25) is 4.79 Å². The minimum Gasteiger partial charge on any atom is -0.497 e. The van der Waals surface area contributed by atoms with E-state index in [1.54, 1.807) is 14.0 Å². The molecule has 0 bridgehead atoms. The van der Waals surface area contributed by atoms with Crippen molar-refractivity contribution in [1.82, 2.24) is 5.32 Å². The van der Waals surface area contributed by atoms with Crippen LogP contribution in [0.25, 0.3) is 0 Å². The Kier molecular flexibility index (Phi) is 6.24. The van der Waals surface area contributed by atoms with Crippen LogP contribution in [0.4, 0.5) is 0 Å². The fourth-order valence-electron chi connectivity index (χ4n) is 2.49. The van der Waals surface area contributed by atoms with Crippen LogP contribution in [0.5, 0.6) is 11.5 Å². The number of nitrogens with one attached hydrogen (secondary N) is 1. The summed E-state index contributed by atoms with van der Waals surface area (Å²) in [6, 6.07) is 15.4. The molecule has 0 saturated heterocycles. The molecule has 0 aliphatic rings. The van der Waals surface area contributed by atoms with Crippen molar-refractivity contribution in [2.24, 2.45) is 0 Å². The highest BCUT2D eigenvalue weighted by atomic mass is 16.5. The summed E-state index contributed by atoms with van der Waals surface area (Å²) in [5.74, 6) is 1.38. The molecule has 0 fully saturated rings. The maximum Gasteiger partial charge on any atom is 0.261 e. The van der Waals surface area contributed by atoms with Crippen LogP contribution in [0.1, 0.15) is 37.4 Å². The van der Waals surface area contributed by atoms with E-state index in [1.807, 2.05) is 62.4 Å². The summed E-state index contributed by atoms with van der Waals surface area (Å²) in [6.07, 6.45) is 0.244. The van der Waals surface area contributed by atoms with E-state index in [0.29, 0.717) is 5.75 Å². The molecule has 1 amide bonds. The lowest BCUT2D eigenvalue weighted by Crippen LogP contribution is -2.38. The zero-order valence-electron chi connectivity index (χ0n) is 14.7. The molecule has 24 heavy (non-hydrogen) atoms. The van der Waals surface area contributed by atoms with Gasteiger partial charge in [0.25, 0.3) is 5.91 Å². The van der Waals surface area contributed by atoms with Gasteiger partial charge < -0.3 is 14.8 Å². The highest BCUT2D eigenvalue weighted by Crippen LogP contribution is 2.21. The minimum absolute atomic E-state index is 0.0491. The summed E-state index contributed by atoms with van der Waals surface area (Å²) in [4.78, 5) is 12.4. The Bertz CT molecular complexity index is 667. The molecule has 0 unspecified atom stereocenters. The van der Waals surface area contributed by atoms with Gasteiger partial charge in [-0.25, -0.2) is 0 Å². The molecule has 0 saturated carbocycles. The molecule has 0 heterocycles. The van der Waals surface area contributed by atoms with Crippen molar-refractivity contribution < 1.29 is 14.3 Å². The van der Waals surface area contributed by atoms with Gasteiger partial charge in [0.05, 0.1) is 13.2 Å². The quantitative estimate of drug-likeness (QED) is 0.835. The second kappa shape index (κ2) is 8.39. The van der Waals surface area contributed by atoms with Crippen molar-refractivity contribution in [1.29, 1.82) is 0 Å². The number of hydrogen-bond acceptors (Lipinski definition) is 3. The number of aryl methyl sites for hydroxylation is 1. The zero-order chi connectivity index (χ0) is 17.5. The minimum atomic E-state index is -0.556. The summed E-state index contributed by atoms with van der Waals surface area (Å²) in [7, 11) is 1.64. The first kappa shape index (κ1) is 17.9. The lowest BCUT2D eigenvalue weighted by molar-refractivity contribution is -0.128. The summed E-state index contributed by atoms with van der Waals surface area (Å²) in [5, 5.41) is 3.05. The molecule has 2 aromatic rings. The summed E-state index contributed by atoms with van der Waals surface area (Å²) in [6.45, 7) is 5.80. The van der Waals surface area contributed by atoms with E-state index in [1.165, 1.54) is 0 Å². The Morgan fingerprint density at radius 1 is 1.12 bits per heavy atom. The van der Waals surface area contributed by atoms with Crippen LogP contribution in [0.2, 0.25) is 0 Å². The van der Waals surface area contributed by atoms with Gasteiger partial charge in [0, 0.05) is 0 Å². The largest absolute Gasteiger partial charge is 0.497 e. The second-order valence-corrected chi connectivity index (χ2v) is 5.82. The predicted octanol–water partition coefficient (Wildman–Crippen LogP) is 4.04. The Morgan fingerprint density at radius 2 is 1.83 bits per heavy atom. The van der Waals surface area contributed by atoms with Crippen LogP contribution in [-0.2, 0) is 4.79 Å². The number of benzene rings is 2. The number of amides is 1. The van der Waals surface area contributed by atoms with Crippen molar-refractivity contribution in [2.45, 2.75) is 39.3 Å². The number of hydrogen-bond donors (Lipinski definition) is 1. The van der Waals surface area contributed by atoms with Crippen molar-refractivity contribution in [3.63, 3.8) is 0 Å². The van der Waals surface area contributed by atoms with Crippen LogP contribution < -0.4 is 14.8 Å². The van der Waals surface area contributed by atoms with Crippen LogP contribution in [0, 0.1) is 6.92 Å². The molecule has 0 aliphatic carbocycles. The van der Waals surface area contributed by atoms with E-state index in [9.17, 15) is 4.79 Å². The number of carbonyl (C=O) groups excluding carboxylic acids is 1. The van der Waals surface area contributed by atoms with E-state index >= 15 is 0 Å². The van der Waals surface area contributed by atoms with Crippen LogP contribution >= 0.6 is 0 Å². The maximum absolute atomic E-state index is 12.4. The van der Waals surface area contributed by atoms with Gasteiger partial charge in [0.1, 0.15) is 11.5 Å². The Labute approximate surface area is 143 Å². The third-order valence-corrected chi connectivity index (χ3v) is 3.91. The molecule has 0 aliphatic heterocycles.